The van der Waals surface area contributed by atoms with Crippen molar-refractivity contribution in [3.8, 4) is 16.8 Å². The highest BCUT2D eigenvalue weighted by atomic mass is 15.1. The molecule has 0 aliphatic heterocycles. The highest BCUT2D eigenvalue weighted by Crippen LogP contribution is 2.38. The molecule has 126 valence electrons. The average Bonchev–Trinajstić information content (AvgIpc) is 3.04. The number of benzene rings is 2. The molecule has 2 aromatic carbocycles. The first-order valence-corrected chi connectivity index (χ1v) is 8.99. The van der Waals surface area contributed by atoms with Crippen LogP contribution in [-0.4, -0.2) is 14.5 Å². The molecule has 0 saturated heterocycles. The lowest BCUT2D eigenvalue weighted by atomic mass is 9.91. The smallest absolute Gasteiger partial charge is 0.148 e. The van der Waals surface area contributed by atoms with Crippen LogP contribution in [0.15, 0.2) is 73.2 Å². The van der Waals surface area contributed by atoms with Gasteiger partial charge in [0.1, 0.15) is 12.0 Å². The zero-order valence-corrected chi connectivity index (χ0v) is 14.6. The molecule has 0 spiro atoms. The standard InChI is InChI=1S/C23H19N3/c1-16-6-5-9-21-22(16)20-14-24-15-25-23(20)26(21)19-12-10-18(11-13-19)17-7-3-2-4-8-17/h2-5,7-16H,6H2,1H3. The van der Waals surface area contributed by atoms with Crippen LogP contribution >= 0.6 is 0 Å². The third-order valence-electron chi connectivity index (χ3n) is 5.20. The molecule has 1 unspecified atom stereocenters. The van der Waals surface area contributed by atoms with Crippen LogP contribution in [0.3, 0.4) is 0 Å². The molecular weight excluding hydrogens is 318 g/mol. The number of nitrogens with zero attached hydrogens (tertiary/aromatic N) is 3. The first-order valence-electron chi connectivity index (χ1n) is 8.99. The van der Waals surface area contributed by atoms with Crippen molar-refractivity contribution in [2.75, 3.05) is 0 Å². The van der Waals surface area contributed by atoms with E-state index in [0.29, 0.717) is 5.92 Å². The fourth-order valence-corrected chi connectivity index (χ4v) is 3.94. The first-order chi connectivity index (χ1) is 12.8. The summed E-state index contributed by atoms with van der Waals surface area (Å²) in [5.74, 6) is 0.480. The lowest BCUT2D eigenvalue weighted by Gasteiger charge is -2.16. The van der Waals surface area contributed by atoms with Crippen molar-refractivity contribution in [1.82, 2.24) is 14.5 Å². The summed E-state index contributed by atoms with van der Waals surface area (Å²) < 4.78 is 2.26. The van der Waals surface area contributed by atoms with Crippen molar-refractivity contribution >= 4 is 17.1 Å². The van der Waals surface area contributed by atoms with Crippen LogP contribution in [0.1, 0.15) is 30.5 Å². The van der Waals surface area contributed by atoms with E-state index in [9.17, 15) is 0 Å². The first kappa shape index (κ1) is 15.1. The van der Waals surface area contributed by atoms with Crippen molar-refractivity contribution in [3.63, 3.8) is 0 Å². The Morgan fingerprint density at radius 3 is 2.54 bits per heavy atom. The van der Waals surface area contributed by atoms with E-state index in [2.05, 4.69) is 82.1 Å². The summed E-state index contributed by atoms with van der Waals surface area (Å²) in [7, 11) is 0. The molecule has 3 nitrogen and oxygen atoms in total. The minimum Gasteiger partial charge on any atom is -0.294 e. The Morgan fingerprint density at radius 2 is 1.73 bits per heavy atom. The lowest BCUT2D eigenvalue weighted by Crippen LogP contribution is -2.03. The molecule has 1 atom stereocenters. The second-order valence-corrected chi connectivity index (χ2v) is 6.85. The second kappa shape index (κ2) is 5.95. The number of hydrogen-bond donors (Lipinski definition) is 0. The summed E-state index contributed by atoms with van der Waals surface area (Å²) >= 11 is 0. The molecule has 4 aromatic rings. The zero-order chi connectivity index (χ0) is 17.5. The Hall–Kier alpha value is -3.20. The molecule has 1 aliphatic rings. The summed E-state index contributed by atoms with van der Waals surface area (Å²) in [6.07, 6.45) is 9.13. The maximum atomic E-state index is 4.60. The van der Waals surface area contributed by atoms with Crippen LogP contribution < -0.4 is 0 Å². The Labute approximate surface area is 152 Å². The summed E-state index contributed by atoms with van der Waals surface area (Å²) in [4.78, 5) is 8.86. The van der Waals surface area contributed by atoms with Gasteiger partial charge in [0.05, 0.1) is 5.69 Å². The molecule has 0 amide bonds. The van der Waals surface area contributed by atoms with Crippen LogP contribution in [0.5, 0.6) is 0 Å². The van der Waals surface area contributed by atoms with Gasteiger partial charge in [-0.15, -0.1) is 0 Å². The Balaban J connectivity index is 1.70. The molecule has 1 aliphatic carbocycles. The van der Waals surface area contributed by atoms with E-state index in [-0.39, 0.29) is 0 Å². The highest BCUT2D eigenvalue weighted by Gasteiger charge is 2.23. The molecule has 2 aromatic heterocycles. The van der Waals surface area contributed by atoms with Gasteiger partial charge in [0.15, 0.2) is 0 Å². The summed E-state index contributed by atoms with van der Waals surface area (Å²) in [6.45, 7) is 2.28. The molecule has 0 bridgehead atoms. The van der Waals surface area contributed by atoms with Gasteiger partial charge in [-0.3, -0.25) is 4.57 Å². The van der Waals surface area contributed by atoms with E-state index in [0.717, 1.165) is 23.1 Å². The molecule has 0 saturated carbocycles. The van der Waals surface area contributed by atoms with Crippen LogP contribution in [0.25, 0.3) is 33.9 Å². The predicted molar refractivity (Wildman–Crippen MR) is 106 cm³/mol. The maximum Gasteiger partial charge on any atom is 0.148 e. The third-order valence-corrected chi connectivity index (χ3v) is 5.20. The van der Waals surface area contributed by atoms with Crippen LogP contribution in [0, 0.1) is 0 Å². The second-order valence-electron chi connectivity index (χ2n) is 6.85. The topological polar surface area (TPSA) is 30.7 Å². The Bertz CT molecular complexity index is 1110. The Kier molecular flexibility index (Phi) is 3.45. The molecular formula is C23H19N3. The highest BCUT2D eigenvalue weighted by molar-refractivity contribution is 5.88. The van der Waals surface area contributed by atoms with Crippen LogP contribution in [0.4, 0.5) is 0 Å². The number of aromatic nitrogens is 3. The summed E-state index contributed by atoms with van der Waals surface area (Å²) in [6, 6.07) is 19.2. The quantitative estimate of drug-likeness (QED) is 0.476. The molecule has 0 N–H and O–H groups in total. The van der Waals surface area contributed by atoms with E-state index in [1.807, 2.05) is 12.3 Å². The minimum absolute atomic E-state index is 0.480. The van der Waals surface area contributed by atoms with Crippen molar-refractivity contribution in [1.29, 1.82) is 0 Å². The Morgan fingerprint density at radius 1 is 0.962 bits per heavy atom. The molecule has 3 heteroatoms. The summed E-state index contributed by atoms with van der Waals surface area (Å²) in [5.41, 5.74) is 7.15. The fraction of sp³-hybridized carbons (Fsp3) is 0.130. The van der Waals surface area contributed by atoms with Crippen molar-refractivity contribution in [3.05, 3.63) is 84.5 Å². The van der Waals surface area contributed by atoms with Gasteiger partial charge in [-0.25, -0.2) is 9.97 Å². The van der Waals surface area contributed by atoms with Gasteiger partial charge in [0.2, 0.25) is 0 Å². The van der Waals surface area contributed by atoms with E-state index < -0.39 is 0 Å². The molecule has 26 heavy (non-hydrogen) atoms. The van der Waals surface area contributed by atoms with E-state index in [1.165, 1.54) is 22.4 Å². The van der Waals surface area contributed by atoms with Gasteiger partial charge >= 0.3 is 0 Å². The van der Waals surface area contributed by atoms with Crippen LogP contribution in [-0.2, 0) is 0 Å². The van der Waals surface area contributed by atoms with Crippen LogP contribution in [0.2, 0.25) is 0 Å². The molecule has 0 radical (unpaired) electrons. The number of allylic oxidation sites excluding steroid dienone is 1. The number of hydrogen-bond acceptors (Lipinski definition) is 2. The molecule has 5 rings (SSSR count). The average molecular weight is 337 g/mol. The fourth-order valence-electron chi connectivity index (χ4n) is 3.94. The lowest BCUT2D eigenvalue weighted by molar-refractivity contribution is 0.772. The van der Waals surface area contributed by atoms with Gasteiger partial charge in [-0.2, -0.15) is 0 Å². The SMILES string of the molecule is CC1CC=Cc2c1c1cncnc1n2-c1ccc(-c2ccccc2)cc1. The zero-order valence-electron chi connectivity index (χ0n) is 14.6. The van der Waals surface area contributed by atoms with Gasteiger partial charge in [-0.1, -0.05) is 55.5 Å². The van der Waals surface area contributed by atoms with Gasteiger partial charge in [0.25, 0.3) is 0 Å². The largest absolute Gasteiger partial charge is 0.294 e. The van der Waals surface area contributed by atoms with E-state index >= 15 is 0 Å². The van der Waals surface area contributed by atoms with Crippen molar-refractivity contribution in [2.24, 2.45) is 0 Å². The van der Waals surface area contributed by atoms with Gasteiger partial charge in [-0.05, 0) is 47.2 Å². The number of rotatable bonds is 2. The minimum atomic E-state index is 0.480. The van der Waals surface area contributed by atoms with Crippen molar-refractivity contribution in [2.45, 2.75) is 19.3 Å². The summed E-state index contributed by atoms with van der Waals surface area (Å²) in [5, 5.41) is 1.16. The normalized spacial score (nSPS) is 16.0. The number of fused-ring (bicyclic) bond motifs is 3. The maximum absolute atomic E-state index is 4.60. The van der Waals surface area contributed by atoms with Gasteiger partial charge < -0.3 is 0 Å². The van der Waals surface area contributed by atoms with E-state index in [4.69, 9.17) is 0 Å². The van der Waals surface area contributed by atoms with E-state index in [1.54, 1.807) is 6.33 Å². The predicted octanol–water partition coefficient (Wildman–Crippen LogP) is 5.61. The van der Waals surface area contributed by atoms with Crippen molar-refractivity contribution < 1.29 is 0 Å². The van der Waals surface area contributed by atoms with Gasteiger partial charge in [0, 0.05) is 17.3 Å². The molecule has 2 heterocycles. The monoisotopic (exact) mass is 337 g/mol. The third kappa shape index (κ3) is 2.28. The molecule has 0 fully saturated rings.